The second-order valence-electron chi connectivity index (χ2n) is 8.43. The quantitative estimate of drug-likeness (QED) is 0.648. The molecular formula is C22H30N8O. The van der Waals surface area contributed by atoms with Crippen LogP contribution in [0.25, 0.3) is 11.0 Å². The van der Waals surface area contributed by atoms with Crippen molar-refractivity contribution in [1.82, 2.24) is 30.0 Å². The van der Waals surface area contributed by atoms with Gasteiger partial charge in [0.05, 0.1) is 24.4 Å². The first-order valence-corrected chi connectivity index (χ1v) is 11.0. The van der Waals surface area contributed by atoms with Crippen molar-refractivity contribution in [2.75, 3.05) is 63.6 Å². The van der Waals surface area contributed by atoms with E-state index in [0.717, 1.165) is 29.9 Å². The number of piperidine rings is 1. The SMILES string of the molecule is COc1cc(N2CCC(N3CCN(C)CC3)CC2)ccc1Nc1ncc2cn[nH]c2n1. The molecule has 0 spiro atoms. The predicted octanol–water partition coefficient (Wildman–Crippen LogP) is 2.32. The van der Waals surface area contributed by atoms with Crippen molar-refractivity contribution in [2.24, 2.45) is 0 Å². The lowest BCUT2D eigenvalue weighted by molar-refractivity contribution is 0.0982. The molecule has 9 heteroatoms. The summed E-state index contributed by atoms with van der Waals surface area (Å²) in [6, 6.07) is 7.01. The second-order valence-corrected chi connectivity index (χ2v) is 8.43. The molecule has 2 fully saturated rings. The molecule has 31 heavy (non-hydrogen) atoms. The molecule has 2 saturated heterocycles. The van der Waals surface area contributed by atoms with Gasteiger partial charge in [0.1, 0.15) is 5.75 Å². The third-order valence-corrected chi connectivity index (χ3v) is 6.51. The summed E-state index contributed by atoms with van der Waals surface area (Å²) in [7, 11) is 3.91. The van der Waals surface area contributed by atoms with Crippen LogP contribution in [-0.2, 0) is 0 Å². The van der Waals surface area contributed by atoms with E-state index in [4.69, 9.17) is 4.74 Å². The Hall–Kier alpha value is -2.91. The molecule has 0 bridgehead atoms. The maximum atomic E-state index is 5.67. The standard InChI is InChI=1S/C22H30N8O/c1-28-9-11-30(12-10-28)17-5-7-29(8-6-17)18-3-4-19(20(13-18)31-2)25-22-23-14-16-15-24-27-21(16)26-22/h3-4,13-15,17H,5-12H2,1-2H3,(H2,23,24,25,26,27). The molecule has 2 aromatic heterocycles. The number of H-pyrrole nitrogens is 1. The zero-order valence-electron chi connectivity index (χ0n) is 18.2. The third-order valence-electron chi connectivity index (χ3n) is 6.51. The highest BCUT2D eigenvalue weighted by Gasteiger charge is 2.27. The number of ether oxygens (including phenoxy) is 1. The lowest BCUT2D eigenvalue weighted by Gasteiger charge is -2.42. The number of aromatic nitrogens is 4. The molecule has 1 aromatic carbocycles. The molecule has 0 radical (unpaired) electrons. The maximum Gasteiger partial charge on any atom is 0.229 e. The molecule has 0 amide bonds. The summed E-state index contributed by atoms with van der Waals surface area (Å²) in [6.07, 6.45) is 5.88. The highest BCUT2D eigenvalue weighted by molar-refractivity contribution is 5.75. The minimum atomic E-state index is 0.510. The van der Waals surface area contributed by atoms with Crippen LogP contribution in [0.2, 0.25) is 0 Å². The van der Waals surface area contributed by atoms with Crippen LogP contribution < -0.4 is 15.0 Å². The van der Waals surface area contributed by atoms with Gasteiger partial charge in [0.2, 0.25) is 5.95 Å². The molecule has 2 aliphatic rings. The van der Waals surface area contributed by atoms with Crippen molar-refractivity contribution in [3.63, 3.8) is 0 Å². The Labute approximate surface area is 182 Å². The summed E-state index contributed by atoms with van der Waals surface area (Å²) in [4.78, 5) is 16.4. The molecule has 0 aliphatic carbocycles. The Morgan fingerprint density at radius 2 is 1.87 bits per heavy atom. The number of likely N-dealkylation sites (N-methyl/N-ethyl adjacent to an activating group) is 1. The van der Waals surface area contributed by atoms with E-state index in [9.17, 15) is 0 Å². The van der Waals surface area contributed by atoms with E-state index >= 15 is 0 Å². The van der Waals surface area contributed by atoms with Gasteiger partial charge >= 0.3 is 0 Å². The number of hydrogen-bond acceptors (Lipinski definition) is 8. The Balaban J connectivity index is 1.24. The van der Waals surface area contributed by atoms with Crippen molar-refractivity contribution >= 4 is 28.4 Å². The highest BCUT2D eigenvalue weighted by atomic mass is 16.5. The third kappa shape index (κ3) is 4.28. The largest absolute Gasteiger partial charge is 0.494 e. The van der Waals surface area contributed by atoms with Crippen LogP contribution >= 0.6 is 0 Å². The van der Waals surface area contributed by atoms with Crippen LogP contribution in [0.3, 0.4) is 0 Å². The molecule has 0 unspecified atom stereocenters. The number of nitrogens with zero attached hydrogens (tertiary/aromatic N) is 6. The van der Waals surface area contributed by atoms with Crippen molar-refractivity contribution in [2.45, 2.75) is 18.9 Å². The van der Waals surface area contributed by atoms with E-state index in [-0.39, 0.29) is 0 Å². The van der Waals surface area contributed by atoms with Crippen molar-refractivity contribution in [3.05, 3.63) is 30.6 Å². The molecule has 3 aromatic rings. The average Bonchev–Trinajstić information content (AvgIpc) is 3.28. The van der Waals surface area contributed by atoms with Crippen molar-refractivity contribution in [1.29, 1.82) is 0 Å². The van der Waals surface area contributed by atoms with E-state index in [0.29, 0.717) is 17.6 Å². The number of anilines is 3. The summed E-state index contributed by atoms with van der Waals surface area (Å²) in [5.74, 6) is 1.29. The lowest BCUT2D eigenvalue weighted by atomic mass is 10.0. The summed E-state index contributed by atoms with van der Waals surface area (Å²) in [5, 5.41) is 11.0. The number of hydrogen-bond donors (Lipinski definition) is 2. The Morgan fingerprint density at radius 1 is 1.06 bits per heavy atom. The van der Waals surface area contributed by atoms with Crippen LogP contribution in [0.15, 0.2) is 30.6 Å². The fourth-order valence-electron chi connectivity index (χ4n) is 4.57. The number of benzene rings is 1. The van der Waals surface area contributed by atoms with E-state index < -0.39 is 0 Å². The topological polar surface area (TPSA) is 85.4 Å². The monoisotopic (exact) mass is 422 g/mol. The fourth-order valence-corrected chi connectivity index (χ4v) is 4.57. The van der Waals surface area contributed by atoms with Gasteiger partial charge in [0, 0.05) is 63.3 Å². The fraction of sp³-hybridized carbons (Fsp3) is 0.500. The molecule has 2 N–H and O–H groups in total. The Morgan fingerprint density at radius 3 is 2.65 bits per heavy atom. The molecule has 0 atom stereocenters. The van der Waals surface area contributed by atoms with Gasteiger partial charge in [0.15, 0.2) is 5.65 Å². The van der Waals surface area contributed by atoms with Crippen LogP contribution in [0.1, 0.15) is 12.8 Å². The molecule has 9 nitrogen and oxygen atoms in total. The molecular weight excluding hydrogens is 392 g/mol. The van der Waals surface area contributed by atoms with E-state index in [2.05, 4.69) is 59.4 Å². The number of piperazine rings is 1. The Bertz CT molecular complexity index is 1020. The van der Waals surface area contributed by atoms with E-state index in [1.165, 1.54) is 44.7 Å². The van der Waals surface area contributed by atoms with Gasteiger partial charge in [-0.2, -0.15) is 10.1 Å². The number of aromatic amines is 1. The van der Waals surface area contributed by atoms with Gasteiger partial charge in [0.25, 0.3) is 0 Å². The number of methoxy groups -OCH3 is 1. The molecule has 0 saturated carbocycles. The van der Waals surface area contributed by atoms with Gasteiger partial charge in [-0.15, -0.1) is 0 Å². The van der Waals surface area contributed by atoms with Gasteiger partial charge in [-0.3, -0.25) is 10.00 Å². The van der Waals surface area contributed by atoms with Crippen molar-refractivity contribution < 1.29 is 4.74 Å². The first kappa shape index (κ1) is 20.0. The number of rotatable bonds is 5. The second kappa shape index (κ2) is 8.68. The van der Waals surface area contributed by atoms with Crippen LogP contribution in [0.5, 0.6) is 5.75 Å². The van der Waals surface area contributed by atoms with Gasteiger partial charge in [-0.25, -0.2) is 4.98 Å². The maximum absolute atomic E-state index is 5.67. The number of nitrogens with one attached hydrogen (secondary N) is 2. The molecule has 164 valence electrons. The van der Waals surface area contributed by atoms with Gasteiger partial charge in [-0.1, -0.05) is 0 Å². The Kier molecular flexibility index (Phi) is 5.61. The van der Waals surface area contributed by atoms with Crippen LogP contribution in [0, 0.1) is 0 Å². The van der Waals surface area contributed by atoms with Gasteiger partial charge in [-0.05, 0) is 32.0 Å². The van der Waals surface area contributed by atoms with E-state index in [1.807, 2.05) is 6.07 Å². The van der Waals surface area contributed by atoms with Crippen molar-refractivity contribution in [3.8, 4) is 5.75 Å². The first-order valence-electron chi connectivity index (χ1n) is 11.0. The molecule has 2 aliphatic heterocycles. The summed E-state index contributed by atoms with van der Waals surface area (Å²) < 4.78 is 5.67. The first-order chi connectivity index (χ1) is 15.2. The summed E-state index contributed by atoms with van der Waals surface area (Å²) in [5.41, 5.74) is 2.75. The summed E-state index contributed by atoms with van der Waals surface area (Å²) >= 11 is 0. The molecule has 4 heterocycles. The zero-order chi connectivity index (χ0) is 21.2. The predicted molar refractivity (Wildman–Crippen MR) is 122 cm³/mol. The average molecular weight is 423 g/mol. The van der Waals surface area contributed by atoms with Crippen LogP contribution in [-0.4, -0.2) is 89.4 Å². The van der Waals surface area contributed by atoms with E-state index in [1.54, 1.807) is 19.5 Å². The normalized spacial score (nSPS) is 19.1. The smallest absolute Gasteiger partial charge is 0.229 e. The lowest BCUT2D eigenvalue weighted by Crippen LogP contribution is -2.52. The highest BCUT2D eigenvalue weighted by Crippen LogP contribution is 2.33. The summed E-state index contributed by atoms with van der Waals surface area (Å²) in [6.45, 7) is 6.91. The number of fused-ring (bicyclic) bond motifs is 1. The minimum Gasteiger partial charge on any atom is -0.494 e. The van der Waals surface area contributed by atoms with Crippen LogP contribution in [0.4, 0.5) is 17.3 Å². The molecule has 5 rings (SSSR count). The minimum absolute atomic E-state index is 0.510. The zero-order valence-corrected chi connectivity index (χ0v) is 18.2. The van der Waals surface area contributed by atoms with Gasteiger partial charge < -0.3 is 19.9 Å².